The number of esters is 1. The second-order valence-electron chi connectivity index (χ2n) is 6.23. The summed E-state index contributed by atoms with van der Waals surface area (Å²) in [6, 6.07) is 12.7. The molecule has 1 heterocycles. The van der Waals surface area contributed by atoms with E-state index in [1.807, 2.05) is 30.3 Å². The molecule has 0 aliphatic carbocycles. The van der Waals surface area contributed by atoms with Crippen molar-refractivity contribution in [3.63, 3.8) is 0 Å². The van der Waals surface area contributed by atoms with Crippen molar-refractivity contribution in [3.8, 4) is 5.75 Å². The fraction of sp³-hybridized carbons (Fsp3) is 0.0952. The summed E-state index contributed by atoms with van der Waals surface area (Å²) >= 11 is 3.33. The van der Waals surface area contributed by atoms with Crippen LogP contribution < -0.4 is 15.4 Å². The van der Waals surface area contributed by atoms with Crippen LogP contribution in [0.25, 0.3) is 6.08 Å². The van der Waals surface area contributed by atoms with E-state index in [4.69, 9.17) is 4.74 Å². The quantitative estimate of drug-likeness (QED) is 0.360. The van der Waals surface area contributed by atoms with Crippen molar-refractivity contribution < 1.29 is 24.2 Å². The van der Waals surface area contributed by atoms with Crippen LogP contribution in [0.5, 0.6) is 5.75 Å². The number of benzene rings is 2. The number of carboxylic acid groups (broad SMARTS) is 1. The molecule has 1 aliphatic heterocycles. The number of rotatable bonds is 5. The smallest absolute Gasteiger partial charge is 0.336 e. The maximum Gasteiger partial charge on any atom is 0.336 e. The number of allylic oxidation sites excluding steroid dienone is 1. The number of carbonyl (C=O) groups is 3. The Morgan fingerprint density at radius 2 is 1.90 bits per heavy atom. The summed E-state index contributed by atoms with van der Waals surface area (Å²) in [5.41, 5.74) is 1.70. The zero-order chi connectivity index (χ0) is 21.0. The van der Waals surface area contributed by atoms with Crippen LogP contribution in [-0.4, -0.2) is 23.1 Å². The Labute approximate surface area is 175 Å². The molecule has 1 unspecified atom stereocenters. The minimum absolute atomic E-state index is 0.0343. The maximum atomic E-state index is 12.1. The van der Waals surface area contributed by atoms with E-state index in [1.54, 1.807) is 18.2 Å². The van der Waals surface area contributed by atoms with Crippen molar-refractivity contribution in [2.24, 2.45) is 0 Å². The Bertz CT molecular complexity index is 1030. The fourth-order valence-corrected chi connectivity index (χ4v) is 3.36. The second kappa shape index (κ2) is 8.74. The zero-order valence-corrected chi connectivity index (χ0v) is 16.9. The Morgan fingerprint density at radius 3 is 2.55 bits per heavy atom. The number of nitrogens with one attached hydrogen (secondary N) is 2. The first-order valence-electron chi connectivity index (χ1n) is 8.61. The van der Waals surface area contributed by atoms with Gasteiger partial charge < -0.3 is 20.5 Å². The van der Waals surface area contributed by atoms with Gasteiger partial charge in [0.15, 0.2) is 0 Å². The first-order chi connectivity index (χ1) is 13.8. The molecule has 148 valence electrons. The minimum atomic E-state index is -1.14. The highest BCUT2D eigenvalue weighted by atomic mass is 79.9. The molecule has 7 nitrogen and oxygen atoms in total. The molecule has 2 aromatic rings. The Morgan fingerprint density at radius 1 is 1.17 bits per heavy atom. The third-order valence-corrected chi connectivity index (χ3v) is 4.83. The Balaban J connectivity index is 1.79. The molecule has 1 atom stereocenters. The Kier molecular flexibility index (Phi) is 6.13. The number of ether oxygens (including phenoxy) is 1. The van der Waals surface area contributed by atoms with E-state index in [0.717, 1.165) is 5.56 Å². The van der Waals surface area contributed by atoms with E-state index in [-0.39, 0.29) is 17.0 Å². The van der Waals surface area contributed by atoms with Crippen molar-refractivity contribution in [1.29, 1.82) is 0 Å². The number of urea groups is 1. The van der Waals surface area contributed by atoms with Crippen LogP contribution >= 0.6 is 15.9 Å². The van der Waals surface area contributed by atoms with Crippen LogP contribution in [0, 0.1) is 0 Å². The molecule has 29 heavy (non-hydrogen) atoms. The van der Waals surface area contributed by atoms with Gasteiger partial charge in [0, 0.05) is 11.8 Å². The molecule has 0 bridgehead atoms. The summed E-state index contributed by atoms with van der Waals surface area (Å²) in [5.74, 6) is -1.42. The zero-order valence-electron chi connectivity index (χ0n) is 15.3. The lowest BCUT2D eigenvalue weighted by atomic mass is 9.95. The van der Waals surface area contributed by atoms with Gasteiger partial charge in [0.1, 0.15) is 5.75 Å². The van der Waals surface area contributed by atoms with Gasteiger partial charge in [-0.25, -0.2) is 14.4 Å². The molecule has 0 aromatic heterocycles. The molecule has 2 amide bonds. The molecule has 0 fully saturated rings. The predicted molar refractivity (Wildman–Crippen MR) is 110 cm³/mol. The highest BCUT2D eigenvalue weighted by Crippen LogP contribution is 2.33. The largest absolute Gasteiger partial charge is 0.478 e. The molecule has 0 saturated carbocycles. The number of amides is 2. The van der Waals surface area contributed by atoms with Crippen molar-refractivity contribution in [2.45, 2.75) is 13.0 Å². The van der Waals surface area contributed by atoms with Gasteiger partial charge in [-0.05, 0) is 52.2 Å². The number of hydrogen-bond donors (Lipinski definition) is 3. The van der Waals surface area contributed by atoms with Gasteiger partial charge in [-0.15, -0.1) is 0 Å². The topological polar surface area (TPSA) is 105 Å². The average molecular weight is 457 g/mol. The Hall–Kier alpha value is -3.39. The predicted octanol–water partition coefficient (Wildman–Crippen LogP) is 3.78. The molecular weight excluding hydrogens is 440 g/mol. The summed E-state index contributed by atoms with van der Waals surface area (Å²) in [5, 5.41) is 14.5. The van der Waals surface area contributed by atoms with Crippen LogP contribution in [0.15, 0.2) is 70.3 Å². The van der Waals surface area contributed by atoms with E-state index in [9.17, 15) is 19.5 Å². The van der Waals surface area contributed by atoms with Crippen LogP contribution in [0.1, 0.15) is 24.1 Å². The lowest BCUT2D eigenvalue weighted by Crippen LogP contribution is -2.45. The van der Waals surface area contributed by atoms with Crippen molar-refractivity contribution in [3.05, 3.63) is 81.5 Å². The van der Waals surface area contributed by atoms with Crippen LogP contribution in [-0.2, 0) is 9.59 Å². The molecule has 0 radical (unpaired) electrons. The number of aliphatic carboxylic acids is 1. The third kappa shape index (κ3) is 4.91. The van der Waals surface area contributed by atoms with Gasteiger partial charge in [-0.1, -0.05) is 36.4 Å². The van der Waals surface area contributed by atoms with Gasteiger partial charge in [0.25, 0.3) is 0 Å². The standard InChI is InChI=1S/C21H17BrN2O5/c1-12-18(20(26)27)19(24-21(28)23-12)14-8-9-16(15(22)11-14)29-17(25)10-7-13-5-3-2-4-6-13/h2-11,19H,1H3,(H,26,27)(H2,23,24,28)/b10-7+. The van der Waals surface area contributed by atoms with Crippen molar-refractivity contribution in [1.82, 2.24) is 10.6 Å². The second-order valence-corrected chi connectivity index (χ2v) is 7.08. The van der Waals surface area contributed by atoms with E-state index >= 15 is 0 Å². The molecule has 2 aromatic carbocycles. The highest BCUT2D eigenvalue weighted by Gasteiger charge is 2.31. The molecule has 0 saturated heterocycles. The van der Waals surface area contributed by atoms with Crippen LogP contribution in [0.4, 0.5) is 4.79 Å². The SMILES string of the molecule is CC1=C(C(=O)O)C(c2ccc(OC(=O)/C=C/c3ccccc3)c(Br)c2)NC(=O)N1. The molecule has 3 N–H and O–H groups in total. The highest BCUT2D eigenvalue weighted by molar-refractivity contribution is 9.10. The summed E-state index contributed by atoms with van der Waals surface area (Å²) in [6.45, 7) is 1.53. The van der Waals surface area contributed by atoms with Crippen LogP contribution in [0.2, 0.25) is 0 Å². The molecular formula is C21H17BrN2O5. The summed E-state index contributed by atoms with van der Waals surface area (Å²) in [4.78, 5) is 35.4. The lowest BCUT2D eigenvalue weighted by Gasteiger charge is -2.27. The number of hydrogen-bond acceptors (Lipinski definition) is 4. The van der Waals surface area contributed by atoms with Gasteiger partial charge in [0.05, 0.1) is 16.1 Å². The van der Waals surface area contributed by atoms with E-state index < -0.39 is 24.0 Å². The van der Waals surface area contributed by atoms with Gasteiger partial charge in [0.2, 0.25) is 0 Å². The number of carbonyl (C=O) groups excluding carboxylic acids is 2. The average Bonchev–Trinajstić information content (AvgIpc) is 2.67. The first-order valence-corrected chi connectivity index (χ1v) is 9.40. The third-order valence-electron chi connectivity index (χ3n) is 4.21. The summed E-state index contributed by atoms with van der Waals surface area (Å²) < 4.78 is 5.78. The van der Waals surface area contributed by atoms with Gasteiger partial charge >= 0.3 is 18.0 Å². The number of carboxylic acids is 1. The first kappa shape index (κ1) is 20.3. The van der Waals surface area contributed by atoms with Crippen LogP contribution in [0.3, 0.4) is 0 Å². The van der Waals surface area contributed by atoms with E-state index in [1.165, 1.54) is 19.1 Å². The van der Waals surface area contributed by atoms with E-state index in [2.05, 4.69) is 26.6 Å². The van der Waals surface area contributed by atoms with Gasteiger partial charge in [-0.2, -0.15) is 0 Å². The van der Waals surface area contributed by atoms with Crippen molar-refractivity contribution >= 4 is 40.0 Å². The molecule has 3 rings (SSSR count). The summed E-state index contributed by atoms with van der Waals surface area (Å²) in [6.07, 6.45) is 2.96. The summed E-state index contributed by atoms with van der Waals surface area (Å²) in [7, 11) is 0. The lowest BCUT2D eigenvalue weighted by molar-refractivity contribution is -0.133. The fourth-order valence-electron chi connectivity index (χ4n) is 2.88. The monoisotopic (exact) mass is 456 g/mol. The van der Waals surface area contributed by atoms with E-state index in [0.29, 0.717) is 10.0 Å². The maximum absolute atomic E-state index is 12.1. The van der Waals surface area contributed by atoms with Crippen molar-refractivity contribution in [2.75, 3.05) is 0 Å². The minimum Gasteiger partial charge on any atom is -0.478 e. The van der Waals surface area contributed by atoms with Gasteiger partial charge in [-0.3, -0.25) is 0 Å². The number of halogens is 1. The molecule has 1 aliphatic rings. The molecule has 0 spiro atoms. The molecule has 8 heteroatoms. The normalized spacial score (nSPS) is 16.3.